The van der Waals surface area contributed by atoms with Gasteiger partial charge in [0, 0.05) is 11.4 Å². The number of carbonyl (C=O) groups excluding carboxylic acids is 1. The minimum atomic E-state index is -3.30. The molecule has 154 valence electrons. The first-order valence-corrected chi connectivity index (χ1v) is 10.0. The van der Waals surface area contributed by atoms with E-state index >= 15 is 0 Å². The van der Waals surface area contributed by atoms with E-state index in [2.05, 4.69) is 25.6 Å². The average molecular weight is 473 g/mol. The number of nitrogens with zero attached hydrogens (tertiary/aromatic N) is 1. The van der Waals surface area contributed by atoms with Crippen LogP contribution in [0.4, 0.5) is 13.2 Å². The minimum absolute atomic E-state index is 0.0939. The number of esters is 1. The second-order valence-corrected chi connectivity index (χ2v) is 10.8. The van der Waals surface area contributed by atoms with Gasteiger partial charge < -0.3 is 9.29 Å². The predicted octanol–water partition coefficient (Wildman–Crippen LogP) is 4.23. The zero-order valence-electron chi connectivity index (χ0n) is 16.0. The third kappa shape index (κ3) is 6.62. The number of carbonyl (C=O) groups is 1. The molecule has 2 atom stereocenters. The van der Waals surface area contributed by atoms with Crippen LogP contribution in [0.3, 0.4) is 0 Å². The van der Waals surface area contributed by atoms with Crippen molar-refractivity contribution in [3.8, 4) is 0 Å². The van der Waals surface area contributed by atoms with Gasteiger partial charge in [-0.1, -0.05) is 0 Å². The van der Waals surface area contributed by atoms with E-state index in [0.29, 0.717) is 0 Å². The van der Waals surface area contributed by atoms with Gasteiger partial charge in [-0.2, -0.15) is 0 Å². The monoisotopic (exact) mass is 472 g/mol. The van der Waals surface area contributed by atoms with E-state index in [9.17, 15) is 22.5 Å². The molecule has 1 rings (SSSR count). The van der Waals surface area contributed by atoms with Gasteiger partial charge in [-0.25, -0.2) is 18.2 Å². The van der Waals surface area contributed by atoms with Crippen LogP contribution in [0, 0.1) is 5.82 Å². The van der Waals surface area contributed by atoms with E-state index in [1.807, 2.05) is 0 Å². The summed E-state index contributed by atoms with van der Waals surface area (Å²) in [6, 6.07) is 2.18. The van der Waals surface area contributed by atoms with E-state index in [1.54, 1.807) is 41.5 Å². The summed E-state index contributed by atoms with van der Waals surface area (Å²) in [6.45, 7) is 9.41. The number of aromatic nitrogens is 1. The number of nitrogens with one attached hydrogen (secondary N) is 1. The quantitative estimate of drug-likeness (QED) is 0.381. The molecule has 10 heteroatoms. The Labute approximate surface area is 168 Å². The molecule has 1 N–H and O–H groups in total. The lowest BCUT2D eigenvalue weighted by Gasteiger charge is -2.36. The summed E-state index contributed by atoms with van der Waals surface area (Å²) >= 11 is 0.974. The van der Waals surface area contributed by atoms with Gasteiger partial charge >= 0.3 is 5.97 Å². The van der Waals surface area contributed by atoms with Crippen LogP contribution in [0.25, 0.3) is 0 Å². The van der Waals surface area contributed by atoms with Gasteiger partial charge in [0.05, 0.1) is 6.42 Å². The Morgan fingerprint density at radius 3 is 2.30 bits per heavy atom. The largest absolute Gasteiger partial charge is 0.598 e. The zero-order chi connectivity index (χ0) is 21.2. The molecule has 0 aliphatic heterocycles. The van der Waals surface area contributed by atoms with Gasteiger partial charge in [0.2, 0.25) is 0 Å². The predicted molar refractivity (Wildman–Crippen MR) is 101 cm³/mol. The number of alkyl halides is 2. The second-order valence-electron chi connectivity index (χ2n) is 7.98. The number of ether oxygens (including phenoxy) is 1. The van der Waals surface area contributed by atoms with Gasteiger partial charge in [0.1, 0.15) is 26.5 Å². The normalized spacial score (nSPS) is 16.1. The van der Waals surface area contributed by atoms with Crippen molar-refractivity contribution in [1.29, 1.82) is 0 Å². The summed E-state index contributed by atoms with van der Waals surface area (Å²) < 4.78 is 62.1. The fourth-order valence-corrected chi connectivity index (χ4v) is 3.25. The fourth-order valence-electron chi connectivity index (χ4n) is 2.05. The van der Waals surface area contributed by atoms with Crippen molar-refractivity contribution in [2.45, 2.75) is 70.3 Å². The van der Waals surface area contributed by atoms with Crippen LogP contribution < -0.4 is 4.72 Å². The van der Waals surface area contributed by atoms with Gasteiger partial charge in [-0.3, -0.25) is 4.79 Å². The molecule has 0 saturated heterocycles. The summed E-state index contributed by atoms with van der Waals surface area (Å²) in [6.07, 6.45) is -4.25. The molecule has 0 aliphatic rings. The summed E-state index contributed by atoms with van der Waals surface area (Å²) in [4.78, 5) is 16.1. The highest BCUT2D eigenvalue weighted by Crippen LogP contribution is 2.36. The molecule has 5 nitrogen and oxygen atoms in total. The van der Waals surface area contributed by atoms with Crippen molar-refractivity contribution >= 4 is 33.3 Å². The maximum Gasteiger partial charge on any atom is 0.309 e. The molecule has 1 heterocycles. The number of hydrogen-bond acceptors (Lipinski definition) is 5. The Hall–Kier alpha value is -0.840. The molecule has 0 saturated carbocycles. The van der Waals surface area contributed by atoms with Crippen LogP contribution in [0.1, 0.15) is 53.7 Å². The van der Waals surface area contributed by atoms with Crippen molar-refractivity contribution in [3.05, 3.63) is 28.2 Å². The molecule has 0 aliphatic carbocycles. The Morgan fingerprint density at radius 2 is 1.85 bits per heavy atom. The standard InChI is InChI=1S/C17H24BrF3N2O3S/c1-15(2,3)26-12(24)9-17(14(20)21,23-27(25)16(4,5)6)13-10(19)7-8-11(18)22-13/h7-8,14,23H,9H2,1-6H3/t17-,27?/m0/s1. The van der Waals surface area contributed by atoms with E-state index in [0.717, 1.165) is 6.07 Å². The molecule has 27 heavy (non-hydrogen) atoms. The highest BCUT2D eigenvalue weighted by atomic mass is 79.9. The number of pyridine rings is 1. The van der Waals surface area contributed by atoms with Crippen molar-refractivity contribution < 1.29 is 27.3 Å². The lowest BCUT2D eigenvalue weighted by atomic mass is 9.91. The fraction of sp³-hybridized carbons (Fsp3) is 0.647. The highest BCUT2D eigenvalue weighted by Gasteiger charge is 2.53. The van der Waals surface area contributed by atoms with Crippen molar-refractivity contribution in [2.75, 3.05) is 0 Å². The number of hydrogen-bond donors (Lipinski definition) is 1. The molecule has 0 aromatic carbocycles. The molecule has 1 aromatic heterocycles. The first-order chi connectivity index (χ1) is 12.1. The van der Waals surface area contributed by atoms with E-state index in [-0.39, 0.29) is 4.60 Å². The molecule has 1 aromatic rings. The summed E-state index contributed by atoms with van der Waals surface area (Å²) in [5.41, 5.74) is -4.28. The van der Waals surface area contributed by atoms with Crippen LogP contribution >= 0.6 is 15.9 Å². The van der Waals surface area contributed by atoms with Gasteiger partial charge in [0.15, 0.2) is 5.54 Å². The number of halogens is 4. The van der Waals surface area contributed by atoms with E-state index in [4.69, 9.17) is 4.74 Å². The van der Waals surface area contributed by atoms with E-state index in [1.165, 1.54) is 6.07 Å². The van der Waals surface area contributed by atoms with Gasteiger partial charge in [0.25, 0.3) is 6.43 Å². The van der Waals surface area contributed by atoms with Gasteiger partial charge in [-0.15, -0.1) is 4.72 Å². The smallest absolute Gasteiger partial charge is 0.309 e. The first-order valence-electron chi connectivity index (χ1n) is 8.11. The molecule has 0 amide bonds. The van der Waals surface area contributed by atoms with Crippen LogP contribution in [0.2, 0.25) is 0 Å². The molecular weight excluding hydrogens is 449 g/mol. The third-order valence-corrected chi connectivity index (χ3v) is 5.38. The highest BCUT2D eigenvalue weighted by molar-refractivity contribution is 9.10. The molecule has 0 spiro atoms. The molecular formula is C17H24BrF3N2O3S. The minimum Gasteiger partial charge on any atom is -0.598 e. The van der Waals surface area contributed by atoms with Crippen LogP contribution in [-0.4, -0.2) is 32.3 Å². The van der Waals surface area contributed by atoms with Crippen molar-refractivity contribution in [1.82, 2.24) is 9.71 Å². The Balaban J connectivity index is 3.51. The molecule has 1 unspecified atom stereocenters. The van der Waals surface area contributed by atoms with Crippen LogP contribution in [-0.2, 0) is 26.4 Å². The summed E-state index contributed by atoms with van der Waals surface area (Å²) in [7, 11) is 0. The third-order valence-electron chi connectivity index (χ3n) is 3.28. The SMILES string of the molecule is CC(C)(C)OC(=O)C[C@](N[S+]([O-])C(C)(C)C)(c1nc(Br)ccc1F)C(F)F. The average Bonchev–Trinajstić information content (AvgIpc) is 2.45. The lowest BCUT2D eigenvalue weighted by molar-refractivity contribution is -0.158. The molecule has 0 bridgehead atoms. The van der Waals surface area contributed by atoms with Crippen LogP contribution in [0.15, 0.2) is 16.7 Å². The molecule has 0 fully saturated rings. The Morgan fingerprint density at radius 1 is 1.30 bits per heavy atom. The van der Waals surface area contributed by atoms with Crippen LogP contribution in [0.5, 0.6) is 0 Å². The van der Waals surface area contributed by atoms with Gasteiger partial charge in [-0.05, 0) is 69.6 Å². The zero-order valence-corrected chi connectivity index (χ0v) is 18.4. The lowest BCUT2D eigenvalue weighted by Crippen LogP contribution is -2.57. The summed E-state index contributed by atoms with van der Waals surface area (Å²) in [5.74, 6) is -2.05. The number of rotatable bonds is 6. The second kappa shape index (κ2) is 8.67. The maximum atomic E-state index is 14.5. The van der Waals surface area contributed by atoms with E-state index < -0.39 is 57.6 Å². The summed E-state index contributed by atoms with van der Waals surface area (Å²) in [5, 5.41) is 0. The molecule has 0 radical (unpaired) electrons. The Kier molecular flexibility index (Phi) is 7.77. The van der Waals surface area contributed by atoms with Crippen molar-refractivity contribution in [3.63, 3.8) is 0 Å². The Bertz CT molecular complexity index is 680. The maximum absolute atomic E-state index is 14.5. The van der Waals surface area contributed by atoms with Crippen molar-refractivity contribution in [2.24, 2.45) is 0 Å². The topological polar surface area (TPSA) is 74.3 Å². The first kappa shape index (κ1) is 24.2.